The zero-order chi connectivity index (χ0) is 12.2. The Labute approximate surface area is 87.9 Å². The number of carbonyl (C=O) groups is 1. The van der Waals surface area contributed by atoms with Crippen LogP contribution in [0.2, 0.25) is 0 Å². The maximum absolute atomic E-state index is 11.7. The number of halogens is 3. The quantitative estimate of drug-likeness (QED) is 0.851. The van der Waals surface area contributed by atoms with Crippen molar-refractivity contribution in [3.8, 4) is 0 Å². The van der Waals surface area contributed by atoms with E-state index in [1.165, 1.54) is 0 Å². The Morgan fingerprint density at radius 1 is 1.50 bits per heavy atom. The van der Waals surface area contributed by atoms with Crippen LogP contribution in [0.15, 0.2) is 12.5 Å². The summed E-state index contributed by atoms with van der Waals surface area (Å²) in [5.41, 5.74) is -0.364. The molecule has 0 unspecified atom stereocenters. The van der Waals surface area contributed by atoms with Crippen molar-refractivity contribution in [2.24, 2.45) is 0 Å². The molecule has 0 saturated carbocycles. The summed E-state index contributed by atoms with van der Waals surface area (Å²) in [6.07, 6.45) is -2.41. The second-order valence-electron chi connectivity index (χ2n) is 2.80. The number of rotatable bonds is 4. The van der Waals surface area contributed by atoms with Crippen molar-refractivity contribution in [1.29, 1.82) is 0 Å². The maximum atomic E-state index is 11.7. The molecule has 16 heavy (non-hydrogen) atoms. The molecule has 1 rings (SSSR count). The minimum Gasteiger partial charge on any atom is -0.478 e. The second-order valence-corrected chi connectivity index (χ2v) is 2.80. The number of hydrogen-bond donors (Lipinski definition) is 1. The summed E-state index contributed by atoms with van der Waals surface area (Å²) in [7, 11) is 0. The van der Waals surface area contributed by atoms with Crippen molar-refractivity contribution in [2.75, 3.05) is 6.61 Å². The number of ether oxygens (including phenoxy) is 1. The molecule has 88 valence electrons. The second kappa shape index (κ2) is 4.88. The third-order valence-electron chi connectivity index (χ3n) is 1.53. The van der Waals surface area contributed by atoms with Crippen LogP contribution >= 0.6 is 0 Å². The molecular weight excluding hydrogens is 229 g/mol. The van der Waals surface area contributed by atoms with Gasteiger partial charge >= 0.3 is 12.1 Å². The molecule has 0 amide bonds. The number of nitrogens with zero attached hydrogens (tertiary/aromatic N) is 2. The molecule has 0 spiro atoms. The van der Waals surface area contributed by atoms with Crippen LogP contribution in [0.4, 0.5) is 13.2 Å². The molecule has 1 aromatic heterocycles. The zero-order valence-electron chi connectivity index (χ0n) is 7.86. The Bertz CT molecular complexity index is 381. The van der Waals surface area contributed by atoms with Crippen LogP contribution in [-0.2, 0) is 11.3 Å². The Morgan fingerprint density at radius 3 is 2.75 bits per heavy atom. The molecule has 1 aromatic rings. The highest BCUT2D eigenvalue weighted by molar-refractivity contribution is 5.88. The summed E-state index contributed by atoms with van der Waals surface area (Å²) >= 11 is 0. The molecule has 0 aliphatic heterocycles. The number of aromatic nitrogens is 2. The predicted molar refractivity (Wildman–Crippen MR) is 44.7 cm³/mol. The fraction of sp³-hybridized carbons (Fsp3) is 0.375. The van der Waals surface area contributed by atoms with E-state index in [1.807, 2.05) is 0 Å². The van der Waals surface area contributed by atoms with Crippen LogP contribution < -0.4 is 0 Å². The molecule has 0 atom stereocenters. The van der Waals surface area contributed by atoms with E-state index in [1.54, 1.807) is 0 Å². The van der Waals surface area contributed by atoms with Crippen molar-refractivity contribution < 1.29 is 27.8 Å². The molecule has 0 aliphatic carbocycles. The van der Waals surface area contributed by atoms with Crippen molar-refractivity contribution in [1.82, 2.24) is 9.97 Å². The van der Waals surface area contributed by atoms with E-state index in [2.05, 4.69) is 14.7 Å². The van der Waals surface area contributed by atoms with Gasteiger partial charge in [-0.05, 0) is 0 Å². The fourth-order valence-corrected chi connectivity index (χ4v) is 0.912. The van der Waals surface area contributed by atoms with Crippen LogP contribution in [0.5, 0.6) is 0 Å². The van der Waals surface area contributed by atoms with Gasteiger partial charge in [0.25, 0.3) is 0 Å². The summed E-state index contributed by atoms with van der Waals surface area (Å²) in [6.45, 7) is -1.97. The van der Waals surface area contributed by atoms with E-state index in [-0.39, 0.29) is 11.3 Å². The van der Waals surface area contributed by atoms with E-state index in [0.717, 1.165) is 12.5 Å². The summed E-state index contributed by atoms with van der Waals surface area (Å²) in [5.74, 6) is -1.31. The fourth-order valence-electron chi connectivity index (χ4n) is 0.912. The molecule has 5 nitrogen and oxygen atoms in total. The van der Waals surface area contributed by atoms with Gasteiger partial charge < -0.3 is 9.84 Å². The topological polar surface area (TPSA) is 72.3 Å². The lowest BCUT2D eigenvalue weighted by atomic mass is 10.2. The van der Waals surface area contributed by atoms with Crippen molar-refractivity contribution in [3.63, 3.8) is 0 Å². The number of hydrogen-bond acceptors (Lipinski definition) is 4. The lowest BCUT2D eigenvalue weighted by molar-refractivity contribution is -0.176. The molecule has 0 fully saturated rings. The highest BCUT2D eigenvalue weighted by Crippen LogP contribution is 2.15. The minimum absolute atomic E-state index is 0.0910. The molecule has 1 heterocycles. The van der Waals surface area contributed by atoms with Gasteiger partial charge in [-0.3, -0.25) is 0 Å². The molecule has 0 aromatic carbocycles. The van der Waals surface area contributed by atoms with E-state index in [0.29, 0.717) is 0 Å². The largest absolute Gasteiger partial charge is 0.478 e. The maximum Gasteiger partial charge on any atom is 0.411 e. The van der Waals surface area contributed by atoms with Gasteiger partial charge in [-0.2, -0.15) is 13.2 Å². The van der Waals surface area contributed by atoms with Crippen LogP contribution in [0.25, 0.3) is 0 Å². The summed E-state index contributed by atoms with van der Waals surface area (Å²) in [5, 5.41) is 8.67. The number of carboxylic acid groups (broad SMARTS) is 1. The lowest BCUT2D eigenvalue weighted by Gasteiger charge is -2.08. The highest BCUT2D eigenvalue weighted by Gasteiger charge is 2.27. The Morgan fingerprint density at radius 2 is 2.19 bits per heavy atom. The highest BCUT2D eigenvalue weighted by atomic mass is 19.4. The Hall–Kier alpha value is -1.70. The third-order valence-corrected chi connectivity index (χ3v) is 1.53. The zero-order valence-corrected chi connectivity index (χ0v) is 7.86. The van der Waals surface area contributed by atoms with E-state index >= 15 is 0 Å². The minimum atomic E-state index is -4.45. The van der Waals surface area contributed by atoms with Gasteiger partial charge in [-0.15, -0.1) is 0 Å². The first-order chi connectivity index (χ1) is 7.40. The van der Waals surface area contributed by atoms with Crippen LogP contribution in [-0.4, -0.2) is 33.8 Å². The molecule has 8 heteroatoms. The normalized spacial score (nSPS) is 11.4. The van der Waals surface area contributed by atoms with Gasteiger partial charge in [0.1, 0.15) is 18.5 Å². The van der Waals surface area contributed by atoms with Gasteiger partial charge in [-0.25, -0.2) is 14.8 Å². The SMILES string of the molecule is O=C(O)c1cncnc1COCC(F)(F)F. The first kappa shape index (κ1) is 12.4. The van der Waals surface area contributed by atoms with Crippen LogP contribution in [0.1, 0.15) is 16.1 Å². The summed E-state index contributed by atoms with van der Waals surface area (Å²) < 4.78 is 39.5. The van der Waals surface area contributed by atoms with Gasteiger partial charge in [-0.1, -0.05) is 0 Å². The predicted octanol–water partition coefficient (Wildman–Crippen LogP) is 1.25. The number of carboxylic acids is 1. The van der Waals surface area contributed by atoms with Gasteiger partial charge in [0.15, 0.2) is 0 Å². The third kappa shape index (κ3) is 3.81. The van der Waals surface area contributed by atoms with E-state index in [9.17, 15) is 18.0 Å². The number of aromatic carboxylic acids is 1. The van der Waals surface area contributed by atoms with Gasteiger partial charge in [0.2, 0.25) is 0 Å². The smallest absolute Gasteiger partial charge is 0.411 e. The average Bonchev–Trinajstić information content (AvgIpc) is 2.16. The van der Waals surface area contributed by atoms with Gasteiger partial charge in [0.05, 0.1) is 12.3 Å². The number of alkyl halides is 3. The first-order valence-electron chi connectivity index (χ1n) is 4.07. The lowest BCUT2D eigenvalue weighted by Crippen LogP contribution is -2.18. The van der Waals surface area contributed by atoms with Crippen molar-refractivity contribution in [3.05, 3.63) is 23.8 Å². The van der Waals surface area contributed by atoms with Gasteiger partial charge in [0, 0.05) is 6.20 Å². The van der Waals surface area contributed by atoms with E-state index in [4.69, 9.17) is 5.11 Å². The molecule has 0 bridgehead atoms. The standard InChI is InChI=1S/C8H7F3N2O3/c9-8(10,11)3-16-2-6-5(7(14)15)1-12-4-13-6/h1,4H,2-3H2,(H,14,15). The van der Waals surface area contributed by atoms with Crippen LogP contribution in [0.3, 0.4) is 0 Å². The Kier molecular flexibility index (Phi) is 3.78. The molecule has 0 saturated heterocycles. The van der Waals surface area contributed by atoms with E-state index < -0.39 is 25.4 Å². The summed E-state index contributed by atoms with van der Waals surface area (Å²) in [6, 6.07) is 0. The Balaban J connectivity index is 2.64. The van der Waals surface area contributed by atoms with Crippen LogP contribution in [0, 0.1) is 0 Å². The molecule has 1 N–H and O–H groups in total. The molecular formula is C8H7F3N2O3. The summed E-state index contributed by atoms with van der Waals surface area (Å²) in [4.78, 5) is 17.6. The molecule has 0 radical (unpaired) electrons. The average molecular weight is 236 g/mol. The van der Waals surface area contributed by atoms with Crippen molar-refractivity contribution >= 4 is 5.97 Å². The van der Waals surface area contributed by atoms with Crippen molar-refractivity contribution in [2.45, 2.75) is 12.8 Å². The molecule has 0 aliphatic rings. The first-order valence-corrected chi connectivity index (χ1v) is 4.07. The monoisotopic (exact) mass is 236 g/mol.